The number of carbonyl (C=O) groups is 2. The van der Waals surface area contributed by atoms with E-state index in [4.69, 9.17) is 5.21 Å². The molecule has 0 bridgehead atoms. The van der Waals surface area contributed by atoms with Crippen molar-refractivity contribution in [3.63, 3.8) is 0 Å². The smallest absolute Gasteiger partial charge is 0.268 e. The average Bonchev–Trinajstić information content (AvgIpc) is 3.17. The van der Waals surface area contributed by atoms with Crippen LogP contribution in [0.4, 0.5) is 0 Å². The summed E-state index contributed by atoms with van der Waals surface area (Å²) in [6.45, 7) is 2.99. The van der Waals surface area contributed by atoms with Crippen LogP contribution in [0.15, 0.2) is 48.5 Å². The largest absolute Gasteiger partial charge is 0.388 e. The average molecular weight is 482 g/mol. The first-order valence-electron chi connectivity index (χ1n) is 11.1. The summed E-state index contributed by atoms with van der Waals surface area (Å²) in [5.41, 5.74) is 4.60. The Balaban J connectivity index is 1.39. The Morgan fingerprint density at radius 3 is 2.15 bits per heavy atom. The number of benzene rings is 2. The Hall–Kier alpha value is -2.87. The highest BCUT2D eigenvalue weighted by molar-refractivity contribution is 7.99. The molecule has 2 aliphatic rings. The molecule has 0 aliphatic carbocycles. The fourth-order valence-corrected chi connectivity index (χ4v) is 5.09. The first kappa shape index (κ1) is 24.3. The number of carbonyl (C=O) groups excluding carboxylic acids is 2. The molecule has 4 N–H and O–H groups in total. The number of aliphatic hydroxyl groups excluding tert-OH is 2. The van der Waals surface area contributed by atoms with E-state index in [-0.39, 0.29) is 12.1 Å². The fourth-order valence-electron chi connectivity index (χ4n) is 4.11. The van der Waals surface area contributed by atoms with Gasteiger partial charge in [-0.3, -0.25) is 19.7 Å². The number of amides is 2. The van der Waals surface area contributed by atoms with Crippen molar-refractivity contribution in [2.45, 2.75) is 24.8 Å². The van der Waals surface area contributed by atoms with Gasteiger partial charge in [0, 0.05) is 47.8 Å². The van der Waals surface area contributed by atoms with Crippen molar-refractivity contribution in [2.24, 2.45) is 0 Å². The quantitative estimate of drug-likeness (QED) is 0.289. The van der Waals surface area contributed by atoms with Gasteiger partial charge in [0.2, 0.25) is 0 Å². The molecular weight excluding hydrogens is 454 g/mol. The molecule has 0 radical (unpaired) electrons. The van der Waals surface area contributed by atoms with Gasteiger partial charge in [0.05, 0.1) is 6.54 Å². The maximum atomic E-state index is 12.8. The molecule has 2 aliphatic heterocycles. The van der Waals surface area contributed by atoms with Crippen LogP contribution in [0.1, 0.15) is 27.0 Å². The van der Waals surface area contributed by atoms with Crippen molar-refractivity contribution in [3.05, 3.63) is 70.8 Å². The zero-order valence-electron chi connectivity index (χ0n) is 18.6. The molecule has 9 heteroatoms. The second-order valence-electron chi connectivity index (χ2n) is 8.35. The van der Waals surface area contributed by atoms with E-state index in [0.717, 1.165) is 35.7 Å². The zero-order valence-corrected chi connectivity index (χ0v) is 19.4. The molecule has 2 fully saturated rings. The van der Waals surface area contributed by atoms with Gasteiger partial charge >= 0.3 is 0 Å². The van der Waals surface area contributed by atoms with Gasteiger partial charge in [-0.2, -0.15) is 11.8 Å². The number of nitrogens with one attached hydrogen (secondary N) is 1. The fraction of sp³-hybridized carbons (Fsp3) is 0.360. The van der Waals surface area contributed by atoms with Crippen LogP contribution in [0.2, 0.25) is 0 Å². The number of likely N-dealkylation sites (tertiary alicyclic amines) is 1. The molecule has 2 saturated heterocycles. The summed E-state index contributed by atoms with van der Waals surface area (Å²) in [6.07, 6.45) is -2.76. The minimum Gasteiger partial charge on any atom is -0.388 e. The van der Waals surface area contributed by atoms with Crippen molar-refractivity contribution >= 4 is 23.6 Å². The van der Waals surface area contributed by atoms with Gasteiger partial charge in [-0.1, -0.05) is 24.0 Å². The number of aliphatic hydroxyl groups is 2. The summed E-state index contributed by atoms with van der Waals surface area (Å²) >= 11 is 2.00. The topological polar surface area (TPSA) is 113 Å². The SMILES string of the molecule is O=C(NO)[C@H]1[C@H](O)[C@H](O)CN1C(=O)c1ccc(C#Cc2ccc(CN3CCSCC3)cc2)cc1. The lowest BCUT2D eigenvalue weighted by Gasteiger charge is -2.26. The highest BCUT2D eigenvalue weighted by Gasteiger charge is 2.46. The molecule has 2 heterocycles. The second kappa shape index (κ2) is 11.0. The van der Waals surface area contributed by atoms with E-state index in [2.05, 4.69) is 28.9 Å². The van der Waals surface area contributed by atoms with Gasteiger partial charge in [0.25, 0.3) is 11.8 Å². The van der Waals surface area contributed by atoms with E-state index >= 15 is 0 Å². The molecule has 0 spiro atoms. The molecule has 0 aromatic heterocycles. The van der Waals surface area contributed by atoms with Crippen molar-refractivity contribution < 1.29 is 25.0 Å². The van der Waals surface area contributed by atoms with E-state index < -0.39 is 30.1 Å². The first-order chi connectivity index (χ1) is 16.5. The highest BCUT2D eigenvalue weighted by atomic mass is 32.2. The summed E-state index contributed by atoms with van der Waals surface area (Å²) in [7, 11) is 0. The van der Waals surface area contributed by atoms with Crippen molar-refractivity contribution in [1.29, 1.82) is 0 Å². The van der Waals surface area contributed by atoms with Crippen LogP contribution in [0.25, 0.3) is 0 Å². The summed E-state index contributed by atoms with van der Waals surface area (Å²) in [6, 6.07) is 13.4. The molecule has 2 amide bonds. The van der Waals surface area contributed by atoms with Crippen LogP contribution in [-0.4, -0.2) is 86.4 Å². The Morgan fingerprint density at radius 1 is 0.971 bits per heavy atom. The van der Waals surface area contributed by atoms with Gasteiger partial charge in [-0.05, 0) is 42.0 Å². The summed E-state index contributed by atoms with van der Waals surface area (Å²) in [4.78, 5) is 28.2. The van der Waals surface area contributed by atoms with Crippen LogP contribution in [-0.2, 0) is 11.3 Å². The number of thioether (sulfide) groups is 1. The van der Waals surface area contributed by atoms with Crippen molar-refractivity contribution in [1.82, 2.24) is 15.3 Å². The summed E-state index contributed by atoms with van der Waals surface area (Å²) in [5, 5.41) is 28.8. The van der Waals surface area contributed by atoms with Crippen molar-refractivity contribution in [3.8, 4) is 11.8 Å². The third kappa shape index (κ3) is 5.60. The standard InChI is InChI=1S/C25H27N3O5S/c29-21-16-28(22(23(21)30)24(31)26-33)25(32)20-9-7-18(8-10-20)2-1-17-3-5-19(6-4-17)15-27-11-13-34-14-12-27/h3-10,21-23,29-30,33H,11-16H2,(H,26,31)/t21-,22-,23-/m1/s1. The molecule has 4 rings (SSSR count). The lowest BCUT2D eigenvalue weighted by Crippen LogP contribution is -2.49. The van der Waals surface area contributed by atoms with E-state index in [1.165, 1.54) is 22.5 Å². The molecule has 178 valence electrons. The minimum atomic E-state index is -1.48. The number of hydrogen-bond acceptors (Lipinski definition) is 7. The number of nitrogens with zero attached hydrogens (tertiary/aromatic N) is 2. The third-order valence-corrected chi connectivity index (χ3v) is 6.97. The van der Waals surface area contributed by atoms with Crippen LogP contribution in [0, 0.1) is 11.8 Å². The van der Waals surface area contributed by atoms with Gasteiger partial charge < -0.3 is 15.1 Å². The molecule has 34 heavy (non-hydrogen) atoms. The monoisotopic (exact) mass is 481 g/mol. The second-order valence-corrected chi connectivity index (χ2v) is 9.57. The number of hydrogen-bond donors (Lipinski definition) is 4. The van der Waals surface area contributed by atoms with Gasteiger partial charge in [0.15, 0.2) is 0 Å². The van der Waals surface area contributed by atoms with Crippen LogP contribution < -0.4 is 5.48 Å². The Morgan fingerprint density at radius 2 is 1.56 bits per heavy atom. The number of rotatable bonds is 4. The Kier molecular flexibility index (Phi) is 7.88. The predicted molar refractivity (Wildman–Crippen MR) is 128 cm³/mol. The van der Waals surface area contributed by atoms with E-state index in [0.29, 0.717) is 0 Å². The van der Waals surface area contributed by atoms with E-state index in [9.17, 15) is 19.8 Å². The summed E-state index contributed by atoms with van der Waals surface area (Å²) in [5.74, 6) is 7.09. The maximum Gasteiger partial charge on any atom is 0.268 e. The van der Waals surface area contributed by atoms with Gasteiger partial charge in [-0.25, -0.2) is 5.48 Å². The predicted octanol–water partition coefficient (Wildman–Crippen LogP) is 0.687. The molecular formula is C25H27N3O5S. The maximum absolute atomic E-state index is 12.8. The zero-order chi connectivity index (χ0) is 24.1. The van der Waals surface area contributed by atoms with Gasteiger partial charge in [0.1, 0.15) is 18.2 Å². The summed E-state index contributed by atoms with van der Waals surface area (Å²) < 4.78 is 0. The van der Waals surface area contributed by atoms with Crippen LogP contribution >= 0.6 is 11.8 Å². The molecule has 8 nitrogen and oxygen atoms in total. The Bertz CT molecular complexity index is 1070. The molecule has 0 saturated carbocycles. The Labute approximate surface area is 202 Å². The van der Waals surface area contributed by atoms with Gasteiger partial charge in [-0.15, -0.1) is 0 Å². The lowest BCUT2D eigenvalue weighted by atomic mass is 10.1. The highest BCUT2D eigenvalue weighted by Crippen LogP contribution is 2.22. The normalized spacial score (nSPS) is 22.7. The molecule has 2 aromatic carbocycles. The minimum absolute atomic E-state index is 0.216. The third-order valence-electron chi connectivity index (χ3n) is 6.02. The van der Waals surface area contributed by atoms with E-state index in [1.54, 1.807) is 24.3 Å². The number of hydroxylamine groups is 1. The van der Waals surface area contributed by atoms with Crippen LogP contribution in [0.3, 0.4) is 0 Å². The molecule has 2 aromatic rings. The first-order valence-corrected chi connectivity index (χ1v) is 12.2. The molecule has 3 atom stereocenters. The lowest BCUT2D eigenvalue weighted by molar-refractivity contribution is -0.136. The molecule has 0 unspecified atom stereocenters. The van der Waals surface area contributed by atoms with Crippen LogP contribution in [0.5, 0.6) is 0 Å². The van der Waals surface area contributed by atoms with E-state index in [1.807, 2.05) is 23.9 Å². The number of β-amino-alcohol motifs (C(OH)–C–C–N with tert-alkyl or cyclic N) is 1. The van der Waals surface area contributed by atoms with Crippen molar-refractivity contribution in [2.75, 3.05) is 31.1 Å².